The molecule has 91 heavy (non-hydrogen) atoms. The summed E-state index contributed by atoms with van der Waals surface area (Å²) in [6.07, 6.45) is 94.5. The van der Waals surface area contributed by atoms with Crippen LogP contribution in [-0.2, 0) is 33.3 Å². The van der Waals surface area contributed by atoms with Gasteiger partial charge in [0.15, 0.2) is 12.4 Å². The highest BCUT2D eigenvalue weighted by atomic mass is 16.7. The smallest absolute Gasteiger partial charge is 0.306 e. The van der Waals surface area contributed by atoms with Gasteiger partial charge in [0.1, 0.15) is 13.2 Å². The summed E-state index contributed by atoms with van der Waals surface area (Å²) in [5.41, 5.74) is 0. The Kier molecular flexibility index (Phi) is 69.9. The van der Waals surface area contributed by atoms with Crippen LogP contribution in [0, 0.1) is 0 Å². The average molecular weight is 1280 g/mol. The van der Waals surface area contributed by atoms with Crippen LogP contribution >= 0.6 is 0 Å². The Morgan fingerprint density at radius 1 is 0.341 bits per heavy atom. The van der Waals surface area contributed by atoms with E-state index in [2.05, 4.69) is 86.8 Å². The summed E-state index contributed by atoms with van der Waals surface area (Å²) in [5, 5.41) is 11.9. The van der Waals surface area contributed by atoms with Crippen molar-refractivity contribution in [2.24, 2.45) is 0 Å². The third kappa shape index (κ3) is 74.0. The first-order chi connectivity index (χ1) is 44.6. The van der Waals surface area contributed by atoms with E-state index in [4.69, 9.17) is 18.9 Å². The maximum Gasteiger partial charge on any atom is 0.306 e. The van der Waals surface area contributed by atoms with Gasteiger partial charge in [-0.15, -0.1) is 0 Å². The molecule has 2 atom stereocenters. The van der Waals surface area contributed by atoms with Crippen LogP contribution in [0.15, 0.2) is 72.9 Å². The molecule has 0 bridgehead atoms. The summed E-state index contributed by atoms with van der Waals surface area (Å²) in [6.45, 7) is 4.68. The third-order valence-corrected chi connectivity index (χ3v) is 17.4. The molecule has 0 aromatic heterocycles. The van der Waals surface area contributed by atoms with Gasteiger partial charge in [-0.1, -0.05) is 350 Å². The molecule has 9 heteroatoms. The maximum absolute atomic E-state index is 13.0. The summed E-state index contributed by atoms with van der Waals surface area (Å²) in [5.74, 6) is -2.26. The SMILES string of the molecule is CC/C=C\C/C=C\C/C=C\C/C=C\CCCCCCCCCCCCCCCCCCC(=O)OC(COC(=O)CCCCCCCCCCCCCCCCCCCCCCCCCCC/C=C\C/C=C\CCCCCCC)COC(OCC[N+](C)(C)C)C(=O)[O-]. The first-order valence-corrected chi connectivity index (χ1v) is 39.1. The van der Waals surface area contributed by atoms with Crippen molar-refractivity contribution in [1.82, 2.24) is 0 Å². The van der Waals surface area contributed by atoms with E-state index in [1.54, 1.807) is 0 Å². The second-order valence-electron chi connectivity index (χ2n) is 27.6. The minimum Gasteiger partial charge on any atom is -0.545 e. The molecule has 0 aliphatic carbocycles. The van der Waals surface area contributed by atoms with Gasteiger partial charge in [-0.05, 0) is 83.5 Å². The van der Waals surface area contributed by atoms with Crippen molar-refractivity contribution in [3.05, 3.63) is 72.9 Å². The first-order valence-electron chi connectivity index (χ1n) is 39.1. The molecule has 0 saturated carbocycles. The Morgan fingerprint density at radius 3 is 0.934 bits per heavy atom. The summed E-state index contributed by atoms with van der Waals surface area (Å²) in [6, 6.07) is 0. The van der Waals surface area contributed by atoms with Crippen LogP contribution in [0.5, 0.6) is 0 Å². The molecular weight excluding hydrogens is 1130 g/mol. The Balaban J connectivity index is 3.98. The molecule has 0 saturated heterocycles. The molecule has 530 valence electrons. The van der Waals surface area contributed by atoms with Gasteiger partial charge in [-0.3, -0.25) is 9.59 Å². The van der Waals surface area contributed by atoms with Gasteiger partial charge >= 0.3 is 11.9 Å². The second-order valence-corrected chi connectivity index (χ2v) is 27.6. The minimum atomic E-state index is -1.62. The number of carboxylic acid groups (broad SMARTS) is 1. The van der Waals surface area contributed by atoms with E-state index < -0.39 is 24.3 Å². The Labute approximate surface area is 564 Å². The topological polar surface area (TPSA) is 111 Å². The highest BCUT2D eigenvalue weighted by Crippen LogP contribution is 2.19. The highest BCUT2D eigenvalue weighted by molar-refractivity contribution is 5.70. The molecule has 0 fully saturated rings. The maximum atomic E-state index is 13.0. The number of allylic oxidation sites excluding steroid dienone is 12. The van der Waals surface area contributed by atoms with E-state index in [0.29, 0.717) is 23.9 Å². The van der Waals surface area contributed by atoms with Gasteiger partial charge in [0, 0.05) is 12.8 Å². The van der Waals surface area contributed by atoms with Gasteiger partial charge in [-0.2, -0.15) is 0 Å². The van der Waals surface area contributed by atoms with Crippen LogP contribution in [0.3, 0.4) is 0 Å². The number of esters is 2. The van der Waals surface area contributed by atoms with Crippen molar-refractivity contribution in [3.8, 4) is 0 Å². The number of carboxylic acids is 1. The molecule has 0 aliphatic rings. The summed E-state index contributed by atoms with van der Waals surface area (Å²) < 4.78 is 22.9. The van der Waals surface area contributed by atoms with E-state index in [1.165, 1.54) is 276 Å². The number of likely N-dealkylation sites (N-methyl/N-ethyl adjacent to an activating group) is 1. The number of carbonyl (C=O) groups is 3. The largest absolute Gasteiger partial charge is 0.545 e. The normalized spacial score (nSPS) is 13.0. The molecule has 0 amide bonds. The van der Waals surface area contributed by atoms with Crippen molar-refractivity contribution in [1.29, 1.82) is 0 Å². The number of rotatable bonds is 73. The zero-order chi connectivity index (χ0) is 66.1. The molecule has 0 N–H and O–H groups in total. The Bertz CT molecular complexity index is 1730. The van der Waals surface area contributed by atoms with E-state index in [1.807, 2.05) is 21.1 Å². The number of unbranched alkanes of at least 4 members (excludes halogenated alkanes) is 46. The third-order valence-electron chi connectivity index (χ3n) is 17.4. The second kappa shape index (κ2) is 72.6. The van der Waals surface area contributed by atoms with E-state index >= 15 is 0 Å². The summed E-state index contributed by atoms with van der Waals surface area (Å²) in [4.78, 5) is 37.6. The molecule has 0 aromatic carbocycles. The van der Waals surface area contributed by atoms with Crippen molar-refractivity contribution >= 4 is 17.9 Å². The molecule has 2 unspecified atom stereocenters. The number of aliphatic carboxylic acids is 1. The van der Waals surface area contributed by atoms with E-state index in [-0.39, 0.29) is 32.2 Å². The van der Waals surface area contributed by atoms with Gasteiger partial charge in [0.05, 0.1) is 40.3 Å². The lowest BCUT2D eigenvalue weighted by Crippen LogP contribution is -2.44. The number of carbonyl (C=O) groups excluding carboxylic acids is 3. The quantitative estimate of drug-likeness (QED) is 0.0195. The average Bonchev–Trinajstić information content (AvgIpc) is 3.66. The van der Waals surface area contributed by atoms with Crippen molar-refractivity contribution in [2.75, 3.05) is 47.5 Å². The molecule has 0 rings (SSSR count). The Hall–Kier alpha value is -3.27. The van der Waals surface area contributed by atoms with Crippen molar-refractivity contribution in [2.45, 2.75) is 386 Å². The van der Waals surface area contributed by atoms with Crippen LogP contribution in [-0.4, -0.2) is 82.3 Å². The molecule has 0 radical (unpaired) electrons. The lowest BCUT2D eigenvalue weighted by Gasteiger charge is -2.26. The zero-order valence-corrected chi connectivity index (χ0v) is 60.7. The van der Waals surface area contributed by atoms with Crippen molar-refractivity contribution < 1.29 is 42.9 Å². The molecule has 0 spiro atoms. The van der Waals surface area contributed by atoms with Gasteiger partial charge in [-0.25, -0.2) is 0 Å². The fraction of sp³-hybridized carbons (Fsp3) is 0.817. The monoisotopic (exact) mass is 1280 g/mol. The van der Waals surface area contributed by atoms with Crippen LogP contribution in [0.1, 0.15) is 373 Å². The van der Waals surface area contributed by atoms with Crippen LogP contribution in [0.4, 0.5) is 0 Å². The number of hydrogen-bond acceptors (Lipinski definition) is 8. The summed E-state index contributed by atoms with van der Waals surface area (Å²) in [7, 11) is 5.94. The molecule has 0 aromatic rings. The fourth-order valence-electron chi connectivity index (χ4n) is 11.5. The lowest BCUT2D eigenvalue weighted by atomic mass is 10.0. The first kappa shape index (κ1) is 87.7. The molecular formula is C82H149NO8. The standard InChI is InChI=1S/C82H149NO8/c1-6-8-10-12-14-16-18-20-22-24-26-28-30-32-34-36-37-38-39-40-41-42-43-45-46-48-50-52-54-56-58-60-62-64-66-68-70-72-79(84)89-76-78(77-90-82(81(86)87)88-75-74-83(3,4)5)91-80(85)73-71-69-67-65-63-61-59-57-55-53-51-49-47-44-35-33-31-29-27-25-23-21-19-17-15-13-11-9-7-2/h9,11,15,17-18,20-21,23-24,26-27,29,78,82H,6-8,10,12-14,16,19,22,25,28,30-77H2,1-5H3/b11-9-,17-15-,20-18-,23-21-,26-24-,29-27-. The molecule has 0 heterocycles. The fourth-order valence-corrected chi connectivity index (χ4v) is 11.5. The predicted molar refractivity (Wildman–Crippen MR) is 389 cm³/mol. The van der Waals surface area contributed by atoms with E-state index in [9.17, 15) is 19.5 Å². The van der Waals surface area contributed by atoms with Crippen LogP contribution in [0.25, 0.3) is 0 Å². The van der Waals surface area contributed by atoms with E-state index in [0.717, 1.165) is 64.2 Å². The summed E-state index contributed by atoms with van der Waals surface area (Å²) >= 11 is 0. The van der Waals surface area contributed by atoms with Crippen LogP contribution < -0.4 is 5.11 Å². The number of ether oxygens (including phenoxy) is 4. The Morgan fingerprint density at radius 2 is 0.626 bits per heavy atom. The minimum absolute atomic E-state index is 0.148. The molecule has 9 nitrogen and oxygen atoms in total. The highest BCUT2D eigenvalue weighted by Gasteiger charge is 2.22. The lowest BCUT2D eigenvalue weighted by molar-refractivity contribution is -0.870. The van der Waals surface area contributed by atoms with Gasteiger partial charge in [0.25, 0.3) is 0 Å². The zero-order valence-electron chi connectivity index (χ0n) is 60.7. The van der Waals surface area contributed by atoms with Gasteiger partial charge in [0.2, 0.25) is 0 Å². The number of nitrogens with zero attached hydrogens (tertiary/aromatic N) is 1. The van der Waals surface area contributed by atoms with Gasteiger partial charge < -0.3 is 33.3 Å². The van der Waals surface area contributed by atoms with Crippen molar-refractivity contribution in [3.63, 3.8) is 0 Å². The molecule has 0 aliphatic heterocycles. The predicted octanol–water partition coefficient (Wildman–Crippen LogP) is 23.5. The van der Waals surface area contributed by atoms with Crippen LogP contribution in [0.2, 0.25) is 0 Å². The number of quaternary nitrogens is 1. The number of hydrogen-bond donors (Lipinski definition) is 0.